The molecular formula is C12H13Cl2N3O2S. The highest BCUT2D eigenvalue weighted by atomic mass is 35.7. The van der Waals surface area contributed by atoms with Crippen LogP contribution in [0.4, 0.5) is 0 Å². The Kier molecular flexibility index (Phi) is 4.09. The number of aryl methyl sites for hydroxylation is 1. The molecule has 1 aromatic heterocycles. The van der Waals surface area contributed by atoms with Gasteiger partial charge < -0.3 is 0 Å². The lowest BCUT2D eigenvalue weighted by atomic mass is 10.1. The topological polar surface area (TPSA) is 64.8 Å². The van der Waals surface area contributed by atoms with Gasteiger partial charge in [0.15, 0.2) is 5.82 Å². The van der Waals surface area contributed by atoms with E-state index in [-0.39, 0.29) is 11.2 Å². The molecule has 20 heavy (non-hydrogen) atoms. The molecule has 0 radical (unpaired) electrons. The second-order valence-electron chi connectivity index (χ2n) is 4.64. The second kappa shape index (κ2) is 5.35. The van der Waals surface area contributed by atoms with Crippen LogP contribution >= 0.6 is 22.3 Å². The predicted molar refractivity (Wildman–Crippen MR) is 78.6 cm³/mol. The predicted octanol–water partition coefficient (Wildman–Crippen LogP) is 3.42. The maximum absolute atomic E-state index is 11.6. The lowest BCUT2D eigenvalue weighted by Gasteiger charge is -2.13. The molecule has 0 atom stereocenters. The third-order valence-electron chi connectivity index (χ3n) is 2.83. The van der Waals surface area contributed by atoms with Gasteiger partial charge in [0, 0.05) is 22.3 Å². The molecule has 0 bridgehead atoms. The van der Waals surface area contributed by atoms with Crippen molar-refractivity contribution in [2.24, 2.45) is 0 Å². The molecule has 0 saturated heterocycles. The summed E-state index contributed by atoms with van der Waals surface area (Å²) in [5.74, 6) is 0.382. The molecule has 5 nitrogen and oxygen atoms in total. The molecule has 0 aliphatic heterocycles. The monoisotopic (exact) mass is 333 g/mol. The summed E-state index contributed by atoms with van der Waals surface area (Å²) in [6.07, 6.45) is 0. The van der Waals surface area contributed by atoms with E-state index in [0.717, 1.165) is 5.56 Å². The number of halogens is 2. The number of rotatable bonds is 3. The van der Waals surface area contributed by atoms with Crippen LogP contribution in [-0.2, 0) is 9.05 Å². The van der Waals surface area contributed by atoms with Crippen LogP contribution in [0.25, 0.3) is 11.4 Å². The third-order valence-corrected chi connectivity index (χ3v) is 4.46. The van der Waals surface area contributed by atoms with E-state index >= 15 is 0 Å². The van der Waals surface area contributed by atoms with Crippen LogP contribution in [0.15, 0.2) is 23.4 Å². The Morgan fingerprint density at radius 2 is 1.90 bits per heavy atom. The molecule has 8 heteroatoms. The van der Waals surface area contributed by atoms with E-state index in [1.807, 2.05) is 32.9 Å². The summed E-state index contributed by atoms with van der Waals surface area (Å²) >= 11 is 6.26. The molecule has 2 rings (SSSR count). The third kappa shape index (κ3) is 2.68. The summed E-state index contributed by atoms with van der Waals surface area (Å²) in [6.45, 7) is 5.51. The van der Waals surface area contributed by atoms with E-state index in [4.69, 9.17) is 22.3 Å². The van der Waals surface area contributed by atoms with Crippen molar-refractivity contribution >= 4 is 31.3 Å². The second-order valence-corrected chi connectivity index (χ2v) is 7.48. The van der Waals surface area contributed by atoms with E-state index in [1.165, 1.54) is 4.57 Å². The quantitative estimate of drug-likeness (QED) is 0.807. The van der Waals surface area contributed by atoms with Crippen LogP contribution in [0.3, 0.4) is 0 Å². The zero-order valence-electron chi connectivity index (χ0n) is 11.1. The molecule has 0 spiro atoms. The number of benzene rings is 1. The van der Waals surface area contributed by atoms with Crippen LogP contribution < -0.4 is 0 Å². The van der Waals surface area contributed by atoms with E-state index < -0.39 is 9.05 Å². The maximum Gasteiger partial charge on any atom is 0.296 e. The fraction of sp³-hybridized carbons (Fsp3) is 0.333. The van der Waals surface area contributed by atoms with Crippen molar-refractivity contribution in [1.82, 2.24) is 14.8 Å². The van der Waals surface area contributed by atoms with Crippen molar-refractivity contribution < 1.29 is 8.42 Å². The van der Waals surface area contributed by atoms with Gasteiger partial charge in [-0.2, -0.15) is 0 Å². The maximum atomic E-state index is 11.6. The molecule has 1 aromatic carbocycles. The van der Waals surface area contributed by atoms with Gasteiger partial charge in [-0.15, -0.1) is 10.2 Å². The summed E-state index contributed by atoms with van der Waals surface area (Å²) in [4.78, 5) is 0. The molecule has 0 saturated carbocycles. The Balaban J connectivity index is 2.76. The van der Waals surface area contributed by atoms with E-state index in [0.29, 0.717) is 16.4 Å². The molecule has 1 heterocycles. The highest BCUT2D eigenvalue weighted by molar-refractivity contribution is 8.13. The summed E-state index contributed by atoms with van der Waals surface area (Å²) < 4.78 is 24.6. The molecule has 2 aromatic rings. The molecule has 0 unspecified atom stereocenters. The van der Waals surface area contributed by atoms with Gasteiger partial charge in [-0.1, -0.05) is 23.7 Å². The summed E-state index contributed by atoms with van der Waals surface area (Å²) in [5.41, 5.74) is 1.50. The van der Waals surface area contributed by atoms with Crippen LogP contribution in [0.2, 0.25) is 5.02 Å². The molecule has 0 aliphatic rings. The van der Waals surface area contributed by atoms with Crippen LogP contribution in [0.5, 0.6) is 0 Å². The number of aromatic nitrogens is 3. The van der Waals surface area contributed by atoms with Gasteiger partial charge in [0.05, 0.1) is 5.02 Å². The Labute approximate surface area is 127 Å². The van der Waals surface area contributed by atoms with Gasteiger partial charge in [0.1, 0.15) is 0 Å². The smallest absolute Gasteiger partial charge is 0.294 e. The highest BCUT2D eigenvalue weighted by Crippen LogP contribution is 2.32. The van der Waals surface area contributed by atoms with Crippen LogP contribution in [-0.4, -0.2) is 23.2 Å². The first-order valence-electron chi connectivity index (χ1n) is 5.88. The molecule has 0 N–H and O–H groups in total. The zero-order valence-corrected chi connectivity index (χ0v) is 13.5. The van der Waals surface area contributed by atoms with Gasteiger partial charge in [-0.3, -0.25) is 4.57 Å². The number of hydrogen-bond acceptors (Lipinski definition) is 4. The molecule has 0 amide bonds. The van der Waals surface area contributed by atoms with Crippen molar-refractivity contribution in [3.63, 3.8) is 0 Å². The van der Waals surface area contributed by atoms with Crippen LogP contribution in [0.1, 0.15) is 25.5 Å². The summed E-state index contributed by atoms with van der Waals surface area (Å²) in [6, 6.07) is 5.27. The minimum atomic E-state index is -3.97. The molecule has 108 valence electrons. The lowest BCUT2D eigenvalue weighted by Crippen LogP contribution is -2.10. The van der Waals surface area contributed by atoms with Crippen LogP contribution in [0, 0.1) is 6.92 Å². The first kappa shape index (κ1) is 15.3. The van der Waals surface area contributed by atoms with Gasteiger partial charge in [0.25, 0.3) is 14.2 Å². The van der Waals surface area contributed by atoms with Gasteiger partial charge in [-0.25, -0.2) is 8.42 Å². The van der Waals surface area contributed by atoms with Crippen molar-refractivity contribution in [3.05, 3.63) is 28.8 Å². The number of hydrogen-bond donors (Lipinski definition) is 0. The van der Waals surface area contributed by atoms with Crippen molar-refractivity contribution in [3.8, 4) is 11.4 Å². The minimum Gasteiger partial charge on any atom is -0.294 e. The fourth-order valence-corrected chi connectivity index (χ4v) is 3.11. The van der Waals surface area contributed by atoms with Gasteiger partial charge in [0.2, 0.25) is 0 Å². The van der Waals surface area contributed by atoms with Crippen molar-refractivity contribution in [2.75, 3.05) is 0 Å². The first-order chi connectivity index (χ1) is 9.23. The van der Waals surface area contributed by atoms with E-state index in [9.17, 15) is 8.42 Å². The molecular weight excluding hydrogens is 321 g/mol. The summed E-state index contributed by atoms with van der Waals surface area (Å²) in [7, 11) is 1.43. The standard InChI is InChI=1S/C12H13Cl2N3O2S/c1-7(2)17-11(15-16-12(17)20(14,18)19)9-6-4-5-8(3)10(9)13/h4-7H,1-3H3. The lowest BCUT2D eigenvalue weighted by molar-refractivity contribution is 0.530. The van der Waals surface area contributed by atoms with Crippen molar-refractivity contribution in [1.29, 1.82) is 0 Å². The average Bonchev–Trinajstić information content (AvgIpc) is 2.77. The molecule has 0 aliphatic carbocycles. The Hall–Kier alpha value is -1.11. The molecule has 0 fully saturated rings. The Bertz CT molecular complexity index is 754. The van der Waals surface area contributed by atoms with E-state index in [2.05, 4.69) is 10.2 Å². The fourth-order valence-electron chi connectivity index (χ4n) is 1.91. The Morgan fingerprint density at radius 1 is 1.25 bits per heavy atom. The first-order valence-corrected chi connectivity index (χ1v) is 8.57. The normalized spacial score (nSPS) is 12.1. The SMILES string of the molecule is Cc1cccc(-c2nnc(S(=O)(=O)Cl)n2C(C)C)c1Cl. The summed E-state index contributed by atoms with van der Waals surface area (Å²) in [5, 5.41) is 7.87. The van der Waals surface area contributed by atoms with Gasteiger partial charge >= 0.3 is 0 Å². The van der Waals surface area contributed by atoms with Gasteiger partial charge in [-0.05, 0) is 32.4 Å². The average molecular weight is 334 g/mol. The Morgan fingerprint density at radius 3 is 2.45 bits per heavy atom. The number of nitrogens with zero attached hydrogens (tertiary/aromatic N) is 3. The highest BCUT2D eigenvalue weighted by Gasteiger charge is 2.26. The largest absolute Gasteiger partial charge is 0.296 e. The minimum absolute atomic E-state index is 0.180. The van der Waals surface area contributed by atoms with E-state index in [1.54, 1.807) is 6.07 Å². The zero-order chi connectivity index (χ0) is 15.1. The van der Waals surface area contributed by atoms with Crippen molar-refractivity contribution in [2.45, 2.75) is 32.0 Å².